The summed E-state index contributed by atoms with van der Waals surface area (Å²) in [4.78, 5) is 0. The number of benzene rings is 1. The quantitative estimate of drug-likeness (QED) is 0.729. The molecule has 0 bridgehead atoms. The zero-order chi connectivity index (χ0) is 13.9. The topological polar surface area (TPSA) is 46.2 Å². The van der Waals surface area contributed by atoms with Crippen LogP contribution in [0.1, 0.15) is 5.56 Å². The van der Waals surface area contributed by atoms with Crippen LogP contribution in [-0.4, -0.2) is 13.7 Å². The van der Waals surface area contributed by atoms with Gasteiger partial charge in [0.15, 0.2) is 4.21 Å². The monoisotopic (exact) mass is 423 g/mol. The second kappa shape index (κ2) is 6.39. The van der Waals surface area contributed by atoms with Gasteiger partial charge in [-0.2, -0.15) is 0 Å². The highest BCUT2D eigenvalue weighted by Gasteiger charge is 2.19. The molecule has 7 heteroatoms. The second-order valence-corrected chi connectivity index (χ2v) is 8.24. The van der Waals surface area contributed by atoms with E-state index >= 15 is 0 Å². The summed E-state index contributed by atoms with van der Waals surface area (Å²) in [6, 6.07) is 9.11. The summed E-state index contributed by atoms with van der Waals surface area (Å²) < 4.78 is 27.8. The molecule has 0 aliphatic rings. The van der Waals surface area contributed by atoms with Crippen LogP contribution in [0.2, 0.25) is 0 Å². The summed E-state index contributed by atoms with van der Waals surface area (Å²) in [6.45, 7) is 0. The number of nitrogens with one attached hydrogen (secondary N) is 1. The minimum atomic E-state index is -3.51. The third-order valence-electron chi connectivity index (χ3n) is 2.42. The van der Waals surface area contributed by atoms with Crippen LogP contribution in [0, 0.1) is 0 Å². The standard InChI is InChI=1S/C12H11Br2NO2S2/c13-7-5-9-1-3-10(4-2-9)15-19(16,17)12-11(14)6-8-18-12/h1-4,6,8,15H,5,7H2. The minimum absolute atomic E-state index is 0.289. The molecule has 0 aliphatic carbocycles. The molecule has 3 nitrogen and oxygen atoms in total. The number of alkyl halides is 1. The van der Waals surface area contributed by atoms with E-state index in [4.69, 9.17) is 0 Å². The maximum Gasteiger partial charge on any atom is 0.272 e. The van der Waals surface area contributed by atoms with E-state index in [1.807, 2.05) is 12.1 Å². The van der Waals surface area contributed by atoms with Gasteiger partial charge in [0.1, 0.15) is 0 Å². The van der Waals surface area contributed by atoms with Crippen LogP contribution < -0.4 is 4.72 Å². The second-order valence-electron chi connectivity index (χ2n) is 3.80. The van der Waals surface area contributed by atoms with Crippen molar-refractivity contribution >= 4 is 58.9 Å². The Hall–Kier alpha value is -0.370. The molecule has 1 aromatic heterocycles. The molecule has 0 amide bonds. The SMILES string of the molecule is O=S(=O)(Nc1ccc(CCBr)cc1)c1sccc1Br. The number of halogens is 2. The molecule has 0 atom stereocenters. The van der Waals surface area contributed by atoms with Gasteiger partial charge in [-0.3, -0.25) is 4.72 Å². The van der Waals surface area contributed by atoms with Crippen LogP contribution in [0.15, 0.2) is 44.4 Å². The molecule has 19 heavy (non-hydrogen) atoms. The van der Waals surface area contributed by atoms with Gasteiger partial charge in [-0.05, 0) is 51.5 Å². The molecule has 1 N–H and O–H groups in total. The number of hydrogen-bond acceptors (Lipinski definition) is 3. The molecule has 2 rings (SSSR count). The lowest BCUT2D eigenvalue weighted by Gasteiger charge is -2.07. The van der Waals surface area contributed by atoms with Gasteiger partial charge in [-0.15, -0.1) is 11.3 Å². The normalized spacial score (nSPS) is 11.5. The van der Waals surface area contributed by atoms with E-state index in [0.29, 0.717) is 10.2 Å². The Morgan fingerprint density at radius 1 is 1.16 bits per heavy atom. The molecule has 1 aromatic carbocycles. The van der Waals surface area contributed by atoms with Crippen LogP contribution >= 0.6 is 43.2 Å². The molecule has 1 heterocycles. The highest BCUT2D eigenvalue weighted by atomic mass is 79.9. The fourth-order valence-corrected chi connectivity index (χ4v) is 5.38. The number of thiophene rings is 1. The van der Waals surface area contributed by atoms with E-state index in [0.717, 1.165) is 17.3 Å². The van der Waals surface area contributed by atoms with Gasteiger partial charge in [0.25, 0.3) is 10.0 Å². The third-order valence-corrected chi connectivity index (χ3v) is 6.87. The molecule has 102 valence electrons. The number of sulfonamides is 1. The molecule has 0 saturated heterocycles. The molecule has 0 aliphatic heterocycles. The van der Waals surface area contributed by atoms with Crippen molar-refractivity contribution in [1.29, 1.82) is 0 Å². The maximum absolute atomic E-state index is 12.2. The van der Waals surface area contributed by atoms with Crippen LogP contribution in [0.3, 0.4) is 0 Å². The minimum Gasteiger partial charge on any atom is -0.279 e. The Balaban J connectivity index is 2.19. The molecular formula is C12H11Br2NO2S2. The lowest BCUT2D eigenvalue weighted by atomic mass is 10.2. The zero-order valence-corrected chi connectivity index (χ0v) is 14.6. The first kappa shape index (κ1) is 15.0. The van der Waals surface area contributed by atoms with Crippen molar-refractivity contribution in [1.82, 2.24) is 0 Å². The lowest BCUT2D eigenvalue weighted by molar-refractivity contribution is 0.603. The number of rotatable bonds is 5. The average molecular weight is 425 g/mol. The van der Waals surface area contributed by atoms with Crippen molar-refractivity contribution in [3.63, 3.8) is 0 Å². The molecular weight excluding hydrogens is 414 g/mol. The van der Waals surface area contributed by atoms with Gasteiger partial charge >= 0.3 is 0 Å². The van der Waals surface area contributed by atoms with E-state index in [1.165, 1.54) is 11.3 Å². The molecule has 0 spiro atoms. The van der Waals surface area contributed by atoms with E-state index in [2.05, 4.69) is 36.6 Å². The predicted octanol–water partition coefficient (Wildman–Crippen LogP) is 4.25. The lowest BCUT2D eigenvalue weighted by Crippen LogP contribution is -2.11. The van der Waals surface area contributed by atoms with E-state index in [1.54, 1.807) is 23.6 Å². The Morgan fingerprint density at radius 3 is 2.37 bits per heavy atom. The first-order valence-electron chi connectivity index (χ1n) is 5.43. The van der Waals surface area contributed by atoms with Crippen molar-refractivity contribution in [2.45, 2.75) is 10.6 Å². The largest absolute Gasteiger partial charge is 0.279 e. The van der Waals surface area contributed by atoms with Gasteiger partial charge in [0.05, 0.1) is 0 Å². The van der Waals surface area contributed by atoms with Crippen LogP contribution in [-0.2, 0) is 16.4 Å². The average Bonchev–Trinajstić information content (AvgIpc) is 2.79. The van der Waals surface area contributed by atoms with E-state index < -0.39 is 10.0 Å². The Bertz CT molecular complexity index is 651. The molecule has 0 radical (unpaired) electrons. The maximum atomic E-state index is 12.2. The molecule has 0 fully saturated rings. The first-order chi connectivity index (χ1) is 9.03. The number of aryl methyl sites for hydroxylation is 1. The summed E-state index contributed by atoms with van der Waals surface area (Å²) >= 11 is 7.79. The van der Waals surface area contributed by atoms with Crippen molar-refractivity contribution < 1.29 is 8.42 Å². The van der Waals surface area contributed by atoms with Crippen molar-refractivity contribution in [3.05, 3.63) is 45.7 Å². The van der Waals surface area contributed by atoms with Crippen LogP contribution in [0.4, 0.5) is 5.69 Å². The predicted molar refractivity (Wildman–Crippen MR) is 86.8 cm³/mol. The molecule has 0 saturated carbocycles. The third kappa shape index (κ3) is 3.81. The Labute approximate surface area is 133 Å². The van der Waals surface area contributed by atoms with Crippen molar-refractivity contribution in [3.8, 4) is 0 Å². The van der Waals surface area contributed by atoms with Crippen LogP contribution in [0.5, 0.6) is 0 Å². The molecule has 0 unspecified atom stereocenters. The van der Waals surface area contributed by atoms with Crippen LogP contribution in [0.25, 0.3) is 0 Å². The Kier molecular flexibility index (Phi) is 5.05. The highest BCUT2D eigenvalue weighted by molar-refractivity contribution is 9.10. The zero-order valence-electron chi connectivity index (χ0n) is 9.77. The fourth-order valence-electron chi connectivity index (χ4n) is 1.52. The van der Waals surface area contributed by atoms with Crippen molar-refractivity contribution in [2.75, 3.05) is 10.1 Å². The van der Waals surface area contributed by atoms with Gasteiger partial charge in [-0.1, -0.05) is 28.1 Å². The summed E-state index contributed by atoms with van der Waals surface area (Å²) in [7, 11) is -3.51. The first-order valence-corrected chi connectivity index (χ1v) is 9.71. The van der Waals surface area contributed by atoms with Gasteiger partial charge in [-0.25, -0.2) is 8.42 Å². The van der Waals surface area contributed by atoms with E-state index in [-0.39, 0.29) is 4.21 Å². The van der Waals surface area contributed by atoms with Gasteiger partial charge in [0, 0.05) is 15.5 Å². The highest BCUT2D eigenvalue weighted by Crippen LogP contribution is 2.29. The fraction of sp³-hybridized carbons (Fsp3) is 0.167. The van der Waals surface area contributed by atoms with E-state index in [9.17, 15) is 8.42 Å². The van der Waals surface area contributed by atoms with Gasteiger partial charge in [0.2, 0.25) is 0 Å². The van der Waals surface area contributed by atoms with Crippen molar-refractivity contribution in [2.24, 2.45) is 0 Å². The molecule has 2 aromatic rings. The van der Waals surface area contributed by atoms with Gasteiger partial charge < -0.3 is 0 Å². The Morgan fingerprint density at radius 2 is 1.84 bits per heavy atom. The summed E-state index contributed by atoms with van der Waals surface area (Å²) in [5.41, 5.74) is 1.73. The summed E-state index contributed by atoms with van der Waals surface area (Å²) in [5.74, 6) is 0. The number of anilines is 1. The number of hydrogen-bond donors (Lipinski definition) is 1. The summed E-state index contributed by atoms with van der Waals surface area (Å²) in [6.07, 6.45) is 0.920. The summed E-state index contributed by atoms with van der Waals surface area (Å²) in [5, 5.41) is 2.62. The smallest absolute Gasteiger partial charge is 0.272 e.